The van der Waals surface area contributed by atoms with E-state index < -0.39 is 30.4 Å². The smallest absolute Gasteiger partial charge is 0.308 e. The van der Waals surface area contributed by atoms with E-state index >= 15 is 0 Å². The maximum atomic E-state index is 11.2. The molecule has 4 unspecified atom stereocenters. The number of aliphatic hydroxyl groups excluding tert-OH is 3. The Hall–Kier alpha value is -0.910. The first-order valence-electron chi connectivity index (χ1n) is 4.91. The Morgan fingerprint density at radius 2 is 2.00 bits per heavy atom. The first-order chi connectivity index (χ1) is 6.99. The number of hydrogen-bond acceptors (Lipinski definition) is 5. The van der Waals surface area contributed by atoms with Crippen LogP contribution in [-0.4, -0.2) is 45.7 Å². The second-order valence-electron chi connectivity index (χ2n) is 3.75. The zero-order valence-electron chi connectivity index (χ0n) is 8.54. The molecule has 15 heavy (non-hydrogen) atoms. The largest absolute Gasteiger partial charge is 0.462 e. The highest BCUT2D eigenvalue weighted by Crippen LogP contribution is 2.11. The number of hydrogen-bond donors (Lipinski definition) is 3. The Kier molecular flexibility index (Phi) is 4.26. The Balaban J connectivity index is 2.72. The molecule has 1 rings (SSSR count). The molecular formula is C10H16O5. The highest BCUT2D eigenvalue weighted by molar-refractivity contribution is 5.70. The number of carbonyl (C=O) groups excluding carboxylic acids is 1. The van der Waals surface area contributed by atoms with Crippen molar-refractivity contribution in [2.24, 2.45) is 0 Å². The molecule has 1 aliphatic heterocycles. The molecule has 0 fully saturated rings. The van der Waals surface area contributed by atoms with Crippen LogP contribution < -0.4 is 0 Å². The molecule has 4 atom stereocenters. The number of carbonyl (C=O) groups is 1. The maximum Gasteiger partial charge on any atom is 0.308 e. The predicted octanol–water partition coefficient (Wildman–Crippen LogP) is -0.649. The fourth-order valence-corrected chi connectivity index (χ4v) is 1.40. The molecule has 0 amide bonds. The van der Waals surface area contributed by atoms with Gasteiger partial charge in [-0.2, -0.15) is 0 Å². The molecule has 1 aliphatic rings. The van der Waals surface area contributed by atoms with Crippen molar-refractivity contribution >= 4 is 5.97 Å². The van der Waals surface area contributed by atoms with Crippen LogP contribution in [0.2, 0.25) is 0 Å². The van der Waals surface area contributed by atoms with Crippen LogP contribution in [0.3, 0.4) is 0 Å². The molecule has 3 N–H and O–H groups in total. The lowest BCUT2D eigenvalue weighted by Gasteiger charge is -2.20. The third kappa shape index (κ3) is 3.99. The molecule has 0 bridgehead atoms. The molecule has 0 saturated heterocycles. The fourth-order valence-electron chi connectivity index (χ4n) is 1.40. The molecule has 0 aromatic heterocycles. The lowest BCUT2D eigenvalue weighted by atomic mass is 10.1. The first-order valence-corrected chi connectivity index (χ1v) is 4.91. The van der Waals surface area contributed by atoms with Gasteiger partial charge in [-0.3, -0.25) is 4.79 Å². The normalized spacial score (nSPS) is 38.5. The minimum atomic E-state index is -1.19. The van der Waals surface area contributed by atoms with Crippen LogP contribution in [-0.2, 0) is 9.53 Å². The van der Waals surface area contributed by atoms with Crippen molar-refractivity contribution < 1.29 is 24.9 Å². The monoisotopic (exact) mass is 216 g/mol. The van der Waals surface area contributed by atoms with Crippen LogP contribution in [0.25, 0.3) is 0 Å². The molecule has 0 spiro atoms. The van der Waals surface area contributed by atoms with Crippen molar-refractivity contribution in [3.05, 3.63) is 12.2 Å². The molecule has 0 saturated carbocycles. The summed E-state index contributed by atoms with van der Waals surface area (Å²) in [5, 5.41) is 28.1. The van der Waals surface area contributed by atoms with Crippen LogP contribution >= 0.6 is 0 Å². The highest BCUT2D eigenvalue weighted by atomic mass is 16.5. The summed E-state index contributed by atoms with van der Waals surface area (Å²) in [5.41, 5.74) is 0. The van der Waals surface area contributed by atoms with E-state index in [0.29, 0.717) is 0 Å². The van der Waals surface area contributed by atoms with Crippen LogP contribution in [0.1, 0.15) is 19.8 Å². The summed E-state index contributed by atoms with van der Waals surface area (Å²) in [5.74, 6) is -0.573. The van der Waals surface area contributed by atoms with Crippen LogP contribution in [0, 0.1) is 0 Å². The van der Waals surface area contributed by atoms with Crippen molar-refractivity contribution in [1.82, 2.24) is 0 Å². The minimum Gasteiger partial charge on any atom is -0.462 e. The Labute approximate surface area is 88.0 Å². The molecule has 0 aliphatic carbocycles. The second-order valence-corrected chi connectivity index (χ2v) is 3.75. The van der Waals surface area contributed by atoms with Crippen molar-refractivity contribution in [3.63, 3.8) is 0 Å². The first kappa shape index (κ1) is 12.2. The minimum absolute atomic E-state index is 0.244. The van der Waals surface area contributed by atoms with Crippen LogP contribution in [0.5, 0.6) is 0 Å². The van der Waals surface area contributed by atoms with E-state index in [0.717, 1.165) is 0 Å². The summed E-state index contributed by atoms with van der Waals surface area (Å²) >= 11 is 0. The number of rotatable bonds is 0. The van der Waals surface area contributed by atoms with Gasteiger partial charge >= 0.3 is 5.97 Å². The molecule has 86 valence electrons. The van der Waals surface area contributed by atoms with E-state index in [1.54, 1.807) is 6.92 Å². The summed E-state index contributed by atoms with van der Waals surface area (Å²) in [4.78, 5) is 11.2. The van der Waals surface area contributed by atoms with Gasteiger partial charge in [0.25, 0.3) is 0 Å². The molecule has 1 heterocycles. The number of cyclic esters (lactones) is 1. The Morgan fingerprint density at radius 3 is 2.67 bits per heavy atom. The molecule has 5 nitrogen and oxygen atoms in total. The zero-order valence-corrected chi connectivity index (χ0v) is 8.54. The SMILES string of the molecule is CC1CC(O)C=CC(O)C(O)CC(=O)O1. The zero-order chi connectivity index (χ0) is 11.4. The maximum absolute atomic E-state index is 11.2. The van der Waals surface area contributed by atoms with Gasteiger partial charge in [0.1, 0.15) is 6.10 Å². The van der Waals surface area contributed by atoms with Gasteiger partial charge in [-0.25, -0.2) is 0 Å². The molecule has 0 radical (unpaired) electrons. The van der Waals surface area contributed by atoms with E-state index in [2.05, 4.69) is 0 Å². The Bertz CT molecular complexity index is 250. The molecular weight excluding hydrogens is 200 g/mol. The summed E-state index contributed by atoms with van der Waals surface area (Å²) < 4.78 is 4.91. The molecule has 0 aromatic rings. The lowest BCUT2D eigenvalue weighted by Crippen LogP contribution is -2.31. The van der Waals surface area contributed by atoms with E-state index in [1.165, 1.54) is 12.2 Å². The number of aliphatic hydroxyl groups is 3. The van der Waals surface area contributed by atoms with Gasteiger partial charge in [-0.05, 0) is 6.92 Å². The second kappa shape index (κ2) is 5.25. The average molecular weight is 216 g/mol. The van der Waals surface area contributed by atoms with Crippen molar-refractivity contribution in [1.29, 1.82) is 0 Å². The van der Waals surface area contributed by atoms with E-state index in [9.17, 15) is 20.1 Å². The van der Waals surface area contributed by atoms with Gasteiger partial charge in [0.05, 0.1) is 24.7 Å². The van der Waals surface area contributed by atoms with Crippen molar-refractivity contribution in [3.8, 4) is 0 Å². The molecule has 5 heteroatoms. The summed E-state index contributed by atoms with van der Waals surface area (Å²) in [6.07, 6.45) is -0.805. The topological polar surface area (TPSA) is 87.0 Å². The lowest BCUT2D eigenvalue weighted by molar-refractivity contribution is -0.152. The van der Waals surface area contributed by atoms with Crippen molar-refractivity contribution in [2.75, 3.05) is 0 Å². The fraction of sp³-hybridized carbons (Fsp3) is 0.700. The molecule has 0 aromatic carbocycles. The number of esters is 1. The number of ether oxygens (including phenoxy) is 1. The van der Waals surface area contributed by atoms with Gasteiger partial charge in [0.2, 0.25) is 0 Å². The highest BCUT2D eigenvalue weighted by Gasteiger charge is 2.22. The van der Waals surface area contributed by atoms with Gasteiger partial charge < -0.3 is 20.1 Å². The summed E-state index contributed by atoms with van der Waals surface area (Å²) in [6.45, 7) is 1.67. The Morgan fingerprint density at radius 1 is 1.33 bits per heavy atom. The van der Waals surface area contributed by atoms with Gasteiger partial charge in [0, 0.05) is 6.42 Å². The average Bonchev–Trinajstić information content (AvgIpc) is 2.12. The predicted molar refractivity (Wildman–Crippen MR) is 51.9 cm³/mol. The van der Waals surface area contributed by atoms with Crippen molar-refractivity contribution in [2.45, 2.75) is 44.2 Å². The van der Waals surface area contributed by atoms with E-state index in [4.69, 9.17) is 4.74 Å². The van der Waals surface area contributed by atoms with Gasteiger partial charge in [-0.15, -0.1) is 0 Å². The van der Waals surface area contributed by atoms with Crippen LogP contribution in [0.15, 0.2) is 12.2 Å². The third-order valence-electron chi connectivity index (χ3n) is 2.21. The third-order valence-corrected chi connectivity index (χ3v) is 2.21. The van der Waals surface area contributed by atoms with E-state index in [1.807, 2.05) is 0 Å². The quantitative estimate of drug-likeness (QED) is 0.370. The van der Waals surface area contributed by atoms with Gasteiger partial charge in [-0.1, -0.05) is 12.2 Å². The van der Waals surface area contributed by atoms with Gasteiger partial charge in [0.15, 0.2) is 0 Å². The van der Waals surface area contributed by atoms with E-state index in [-0.39, 0.29) is 12.8 Å². The summed E-state index contributed by atoms with van der Waals surface area (Å²) in [6, 6.07) is 0. The van der Waals surface area contributed by atoms with Crippen LogP contribution in [0.4, 0.5) is 0 Å². The standard InChI is InChI=1S/C10H16O5/c1-6-4-7(11)2-3-8(12)9(13)5-10(14)15-6/h2-3,6-9,11-13H,4-5H2,1H3. The summed E-state index contributed by atoms with van der Waals surface area (Å²) in [7, 11) is 0.